The molecule has 1 amide bonds. The molecule has 0 radical (unpaired) electrons. The van der Waals surface area contributed by atoms with Crippen LogP contribution in [0.5, 0.6) is 0 Å². The van der Waals surface area contributed by atoms with E-state index in [9.17, 15) is 4.79 Å². The van der Waals surface area contributed by atoms with E-state index in [-0.39, 0.29) is 12.1 Å². The van der Waals surface area contributed by atoms with Crippen LogP contribution >= 0.6 is 0 Å². The molecule has 1 aromatic heterocycles. The van der Waals surface area contributed by atoms with Gasteiger partial charge in [-0.05, 0) is 39.8 Å². The van der Waals surface area contributed by atoms with E-state index in [1.807, 2.05) is 32.9 Å². The van der Waals surface area contributed by atoms with Gasteiger partial charge in [0.15, 0.2) is 0 Å². The lowest BCUT2D eigenvalue weighted by molar-refractivity contribution is 0.00441. The molecule has 21 heavy (non-hydrogen) atoms. The number of carbonyl (C=O) groups excluding carboxylic acids is 1. The summed E-state index contributed by atoms with van der Waals surface area (Å²) in [6.07, 6.45) is 1.45. The lowest BCUT2D eigenvalue weighted by atomic mass is 10.2. The third kappa shape index (κ3) is 4.67. The van der Waals surface area contributed by atoms with Gasteiger partial charge in [-0.3, -0.25) is 4.90 Å². The van der Waals surface area contributed by atoms with Crippen LogP contribution in [0.4, 0.5) is 4.79 Å². The Balaban J connectivity index is 1.89. The highest BCUT2D eigenvalue weighted by atomic mass is 16.6. The standard InChI is InChI=1S/C15H24N4O2/c1-12-10-19(14(20)21-15(2,3)4)9-8-18(12)11-13-6-5-7-16-17-13/h5-7,12H,8-11H2,1-4H3. The average Bonchev–Trinajstić information content (AvgIpc) is 2.40. The van der Waals surface area contributed by atoms with E-state index in [1.54, 1.807) is 11.1 Å². The maximum atomic E-state index is 12.1. The molecule has 0 spiro atoms. The molecule has 2 rings (SSSR count). The Morgan fingerprint density at radius 3 is 2.76 bits per heavy atom. The molecule has 1 unspecified atom stereocenters. The van der Waals surface area contributed by atoms with Crippen LogP contribution in [0.1, 0.15) is 33.4 Å². The Morgan fingerprint density at radius 2 is 2.19 bits per heavy atom. The van der Waals surface area contributed by atoms with Crippen LogP contribution in [-0.4, -0.2) is 57.4 Å². The molecule has 116 valence electrons. The van der Waals surface area contributed by atoms with Crippen molar-refractivity contribution in [3.63, 3.8) is 0 Å². The molecular formula is C15H24N4O2. The summed E-state index contributed by atoms with van der Waals surface area (Å²) in [5.74, 6) is 0. The minimum Gasteiger partial charge on any atom is -0.444 e. The lowest BCUT2D eigenvalue weighted by Crippen LogP contribution is -2.54. The number of amides is 1. The third-order valence-electron chi connectivity index (χ3n) is 3.41. The number of hydrogen-bond donors (Lipinski definition) is 0. The maximum Gasteiger partial charge on any atom is 0.410 e. The molecular weight excluding hydrogens is 268 g/mol. The summed E-state index contributed by atoms with van der Waals surface area (Å²) in [5, 5.41) is 8.01. The van der Waals surface area contributed by atoms with Crippen LogP contribution in [0.3, 0.4) is 0 Å². The number of piperazine rings is 1. The van der Waals surface area contributed by atoms with Gasteiger partial charge in [0.05, 0.1) is 5.69 Å². The second kappa shape index (κ2) is 6.39. The summed E-state index contributed by atoms with van der Waals surface area (Å²) in [6, 6.07) is 4.14. The normalized spacial score (nSPS) is 20.4. The molecule has 1 aliphatic heterocycles. The minimum absolute atomic E-state index is 0.228. The third-order valence-corrected chi connectivity index (χ3v) is 3.41. The van der Waals surface area contributed by atoms with Crippen LogP contribution in [0.25, 0.3) is 0 Å². The van der Waals surface area contributed by atoms with Gasteiger partial charge >= 0.3 is 6.09 Å². The molecule has 1 aromatic rings. The zero-order valence-electron chi connectivity index (χ0n) is 13.2. The van der Waals surface area contributed by atoms with Gasteiger partial charge in [-0.25, -0.2) is 4.79 Å². The smallest absolute Gasteiger partial charge is 0.410 e. The molecule has 0 N–H and O–H groups in total. The molecule has 6 heteroatoms. The Kier molecular flexibility index (Phi) is 4.77. The number of aromatic nitrogens is 2. The number of nitrogens with zero attached hydrogens (tertiary/aromatic N) is 4. The summed E-state index contributed by atoms with van der Waals surface area (Å²) in [7, 11) is 0. The monoisotopic (exact) mass is 292 g/mol. The van der Waals surface area contributed by atoms with Gasteiger partial charge in [-0.15, -0.1) is 0 Å². The van der Waals surface area contributed by atoms with Crippen molar-refractivity contribution < 1.29 is 9.53 Å². The Hall–Kier alpha value is -1.69. The predicted octanol–water partition coefficient (Wildman–Crippen LogP) is 1.92. The first-order chi connectivity index (χ1) is 9.85. The number of hydrogen-bond acceptors (Lipinski definition) is 5. The molecule has 0 saturated carbocycles. The summed E-state index contributed by atoms with van der Waals surface area (Å²) in [4.78, 5) is 16.2. The molecule has 1 aliphatic rings. The highest BCUT2D eigenvalue weighted by molar-refractivity contribution is 5.68. The summed E-state index contributed by atoms with van der Waals surface area (Å²) >= 11 is 0. The van der Waals surface area contributed by atoms with Gasteiger partial charge in [0.2, 0.25) is 0 Å². The van der Waals surface area contributed by atoms with Crippen molar-refractivity contribution in [2.24, 2.45) is 0 Å². The first-order valence-electron chi connectivity index (χ1n) is 7.34. The molecule has 0 aliphatic carbocycles. The van der Waals surface area contributed by atoms with Crippen molar-refractivity contribution in [1.29, 1.82) is 0 Å². The topological polar surface area (TPSA) is 58.6 Å². The fraction of sp³-hybridized carbons (Fsp3) is 0.667. The fourth-order valence-electron chi connectivity index (χ4n) is 2.35. The quantitative estimate of drug-likeness (QED) is 0.833. The molecule has 0 aromatic carbocycles. The Bertz CT molecular complexity index is 472. The molecule has 6 nitrogen and oxygen atoms in total. The van der Waals surface area contributed by atoms with E-state index in [2.05, 4.69) is 22.0 Å². The Morgan fingerprint density at radius 1 is 1.43 bits per heavy atom. The van der Waals surface area contributed by atoms with Crippen LogP contribution in [0.15, 0.2) is 18.3 Å². The first-order valence-corrected chi connectivity index (χ1v) is 7.34. The molecule has 1 fully saturated rings. The second-order valence-electron chi connectivity index (χ2n) is 6.46. The van der Waals surface area contributed by atoms with Crippen LogP contribution < -0.4 is 0 Å². The van der Waals surface area contributed by atoms with E-state index < -0.39 is 5.60 Å². The van der Waals surface area contributed by atoms with Gasteiger partial charge in [0.1, 0.15) is 5.60 Å². The van der Waals surface area contributed by atoms with Crippen molar-refractivity contribution in [3.05, 3.63) is 24.0 Å². The van der Waals surface area contributed by atoms with E-state index in [4.69, 9.17) is 4.74 Å². The molecule has 2 heterocycles. The summed E-state index contributed by atoms with van der Waals surface area (Å²) in [5.41, 5.74) is 0.506. The van der Waals surface area contributed by atoms with Crippen molar-refractivity contribution in [3.8, 4) is 0 Å². The van der Waals surface area contributed by atoms with Gasteiger partial charge in [0.25, 0.3) is 0 Å². The van der Waals surface area contributed by atoms with Crippen LogP contribution in [0, 0.1) is 0 Å². The van der Waals surface area contributed by atoms with E-state index in [0.717, 1.165) is 18.8 Å². The lowest BCUT2D eigenvalue weighted by Gasteiger charge is -2.39. The van der Waals surface area contributed by atoms with Crippen LogP contribution in [0.2, 0.25) is 0 Å². The van der Waals surface area contributed by atoms with Crippen molar-refractivity contribution in [1.82, 2.24) is 20.0 Å². The molecule has 1 saturated heterocycles. The molecule has 0 bridgehead atoms. The highest BCUT2D eigenvalue weighted by Gasteiger charge is 2.29. The number of carbonyl (C=O) groups is 1. The van der Waals surface area contributed by atoms with Crippen molar-refractivity contribution >= 4 is 6.09 Å². The van der Waals surface area contributed by atoms with E-state index in [0.29, 0.717) is 13.1 Å². The van der Waals surface area contributed by atoms with Gasteiger partial charge in [-0.1, -0.05) is 0 Å². The summed E-state index contributed by atoms with van der Waals surface area (Å²) in [6.45, 7) is 10.7. The average molecular weight is 292 g/mol. The summed E-state index contributed by atoms with van der Waals surface area (Å²) < 4.78 is 5.43. The zero-order chi connectivity index (χ0) is 15.5. The molecule has 1 atom stereocenters. The van der Waals surface area contributed by atoms with Gasteiger partial charge in [0, 0.05) is 38.4 Å². The largest absolute Gasteiger partial charge is 0.444 e. The van der Waals surface area contributed by atoms with Gasteiger partial charge < -0.3 is 9.64 Å². The van der Waals surface area contributed by atoms with Gasteiger partial charge in [-0.2, -0.15) is 10.2 Å². The van der Waals surface area contributed by atoms with E-state index >= 15 is 0 Å². The Labute approximate surface area is 126 Å². The fourth-order valence-corrected chi connectivity index (χ4v) is 2.35. The van der Waals surface area contributed by atoms with Crippen LogP contribution in [-0.2, 0) is 11.3 Å². The maximum absolute atomic E-state index is 12.1. The second-order valence-corrected chi connectivity index (χ2v) is 6.46. The SMILES string of the molecule is CC1CN(C(=O)OC(C)(C)C)CCN1Cc1cccnn1. The van der Waals surface area contributed by atoms with Crippen molar-refractivity contribution in [2.75, 3.05) is 19.6 Å². The van der Waals surface area contributed by atoms with Crippen molar-refractivity contribution in [2.45, 2.75) is 45.9 Å². The highest BCUT2D eigenvalue weighted by Crippen LogP contribution is 2.16. The minimum atomic E-state index is -0.447. The predicted molar refractivity (Wildman–Crippen MR) is 79.7 cm³/mol. The number of ether oxygens (including phenoxy) is 1. The zero-order valence-corrected chi connectivity index (χ0v) is 13.2. The number of rotatable bonds is 2. The van der Waals surface area contributed by atoms with E-state index in [1.165, 1.54) is 0 Å². The first kappa shape index (κ1) is 15.7.